The van der Waals surface area contributed by atoms with E-state index in [-0.39, 0.29) is 18.6 Å². The number of likely N-dealkylation sites (N-methyl/N-ethyl adjacent to an activating group) is 1. The lowest BCUT2D eigenvalue weighted by atomic mass is 10.0. The van der Waals surface area contributed by atoms with Crippen LogP contribution in [0.15, 0.2) is 36.5 Å². The van der Waals surface area contributed by atoms with E-state index in [0.29, 0.717) is 13.2 Å². The molecule has 2 aliphatic heterocycles. The molecule has 1 atom stereocenters. The number of anilines is 1. The maximum atomic E-state index is 12.4. The van der Waals surface area contributed by atoms with Crippen LogP contribution >= 0.6 is 11.3 Å². The molecule has 2 saturated heterocycles. The topological polar surface area (TPSA) is 86.8 Å². The van der Waals surface area contributed by atoms with Gasteiger partial charge in [-0.3, -0.25) is 9.69 Å². The van der Waals surface area contributed by atoms with Crippen molar-refractivity contribution in [3.63, 3.8) is 0 Å². The van der Waals surface area contributed by atoms with Gasteiger partial charge in [0.25, 0.3) is 0 Å². The van der Waals surface area contributed by atoms with Crippen LogP contribution in [0.25, 0.3) is 32.5 Å². The molecule has 38 heavy (non-hydrogen) atoms. The number of aromatic nitrogens is 3. The first-order valence-corrected chi connectivity index (χ1v) is 14.1. The quantitative estimate of drug-likeness (QED) is 0.387. The Morgan fingerprint density at radius 1 is 1.24 bits per heavy atom. The number of morpholine rings is 1. The first kappa shape index (κ1) is 25.2. The molecule has 1 unspecified atom stereocenters. The van der Waals surface area contributed by atoms with E-state index in [1.807, 2.05) is 18.1 Å². The molecule has 3 aromatic heterocycles. The van der Waals surface area contributed by atoms with Gasteiger partial charge in [0.15, 0.2) is 11.6 Å². The van der Waals surface area contributed by atoms with Gasteiger partial charge in [-0.25, -0.2) is 9.97 Å². The predicted octanol–water partition coefficient (Wildman–Crippen LogP) is 3.75. The predicted molar refractivity (Wildman–Crippen MR) is 151 cm³/mol. The van der Waals surface area contributed by atoms with Crippen LogP contribution in [0.5, 0.6) is 0 Å². The molecule has 1 N–H and O–H groups in total. The summed E-state index contributed by atoms with van der Waals surface area (Å²) in [6.45, 7) is 5.92. The number of nitrogens with one attached hydrogen (secondary N) is 1. The molecular formula is C28H34N6O3S. The molecule has 2 fully saturated rings. The Bertz CT molecular complexity index is 1430. The molecule has 0 saturated carbocycles. The van der Waals surface area contributed by atoms with Crippen LogP contribution in [0.4, 0.5) is 5.82 Å². The molecule has 200 valence electrons. The summed E-state index contributed by atoms with van der Waals surface area (Å²) in [6, 6.07) is 10.8. The third kappa shape index (κ3) is 5.01. The van der Waals surface area contributed by atoms with Gasteiger partial charge in [-0.1, -0.05) is 12.1 Å². The zero-order valence-electron chi connectivity index (χ0n) is 22.0. The van der Waals surface area contributed by atoms with E-state index in [9.17, 15) is 4.79 Å². The molecular weight excluding hydrogens is 500 g/mol. The van der Waals surface area contributed by atoms with Gasteiger partial charge in [-0.2, -0.15) is 0 Å². The number of H-pyrrole nitrogens is 1. The average molecular weight is 535 g/mol. The summed E-state index contributed by atoms with van der Waals surface area (Å²) >= 11 is 1.79. The molecule has 6 rings (SSSR count). The third-order valence-corrected chi connectivity index (χ3v) is 8.73. The maximum absolute atomic E-state index is 12.4. The molecule has 10 heteroatoms. The van der Waals surface area contributed by atoms with Crippen molar-refractivity contribution >= 4 is 44.2 Å². The van der Waals surface area contributed by atoms with Crippen molar-refractivity contribution in [2.45, 2.75) is 25.4 Å². The van der Waals surface area contributed by atoms with E-state index in [4.69, 9.17) is 19.4 Å². The molecule has 5 heterocycles. The number of hydrogen-bond donors (Lipinski definition) is 1. The van der Waals surface area contributed by atoms with E-state index in [1.165, 1.54) is 4.88 Å². The number of amides is 1. The number of nitrogens with zero attached hydrogens (tertiary/aromatic N) is 5. The number of thiophene rings is 1. The Morgan fingerprint density at radius 2 is 2.11 bits per heavy atom. The van der Waals surface area contributed by atoms with Crippen LogP contribution in [0, 0.1) is 0 Å². The third-order valence-electron chi connectivity index (χ3n) is 7.62. The van der Waals surface area contributed by atoms with E-state index >= 15 is 0 Å². The molecule has 0 spiro atoms. The van der Waals surface area contributed by atoms with Crippen LogP contribution in [-0.2, 0) is 20.8 Å². The summed E-state index contributed by atoms with van der Waals surface area (Å²) in [5.41, 5.74) is 3.11. The lowest BCUT2D eigenvalue weighted by molar-refractivity contribution is -0.137. The number of carbonyl (C=O) groups excluding carboxylic acids is 1. The summed E-state index contributed by atoms with van der Waals surface area (Å²) in [6.07, 6.45) is 4.06. The molecule has 4 aromatic rings. The largest absolute Gasteiger partial charge is 0.378 e. The first-order valence-electron chi connectivity index (χ1n) is 13.3. The highest BCUT2D eigenvalue weighted by Gasteiger charge is 2.27. The van der Waals surface area contributed by atoms with Gasteiger partial charge in [0.2, 0.25) is 5.91 Å². The second-order valence-corrected chi connectivity index (χ2v) is 11.2. The minimum atomic E-state index is 0.0385. The lowest BCUT2D eigenvalue weighted by Crippen LogP contribution is -2.49. The zero-order valence-corrected chi connectivity index (χ0v) is 22.8. The number of carbonyl (C=O) groups is 1. The second-order valence-electron chi connectivity index (χ2n) is 10.1. The number of rotatable bonds is 7. The average Bonchev–Trinajstić information content (AvgIpc) is 3.59. The van der Waals surface area contributed by atoms with Crippen molar-refractivity contribution in [2.24, 2.45) is 0 Å². The van der Waals surface area contributed by atoms with Crippen LogP contribution < -0.4 is 4.90 Å². The molecule has 0 radical (unpaired) electrons. The molecule has 1 aromatic carbocycles. The first-order chi connectivity index (χ1) is 18.6. The van der Waals surface area contributed by atoms with Crippen LogP contribution in [0.1, 0.15) is 17.7 Å². The minimum Gasteiger partial charge on any atom is -0.378 e. The number of benzene rings is 1. The number of fused-ring (bicyclic) bond motifs is 2. The Hall–Kier alpha value is -3.05. The van der Waals surface area contributed by atoms with Gasteiger partial charge in [-0.15, -0.1) is 11.3 Å². The van der Waals surface area contributed by atoms with Crippen molar-refractivity contribution in [3.05, 3.63) is 41.4 Å². The van der Waals surface area contributed by atoms with Crippen molar-refractivity contribution in [1.29, 1.82) is 0 Å². The second kappa shape index (κ2) is 11.0. The SMILES string of the molecule is COCC(=O)N(C)C1CCCN(Cc2cc3nc(-c4cccc5[nH]ccc45)nc(N4CCOCC4)c3s2)C1. The Balaban J connectivity index is 1.32. The van der Waals surface area contributed by atoms with Crippen LogP contribution in [0.2, 0.25) is 0 Å². The van der Waals surface area contributed by atoms with Gasteiger partial charge in [-0.05, 0) is 37.6 Å². The van der Waals surface area contributed by atoms with Crippen molar-refractivity contribution in [1.82, 2.24) is 24.8 Å². The summed E-state index contributed by atoms with van der Waals surface area (Å²) < 4.78 is 11.8. The number of hydrogen-bond acceptors (Lipinski definition) is 8. The fourth-order valence-corrected chi connectivity index (χ4v) is 6.73. The number of methoxy groups -OCH3 is 1. The van der Waals surface area contributed by atoms with Gasteiger partial charge in [0, 0.05) is 73.9 Å². The maximum Gasteiger partial charge on any atom is 0.248 e. The Labute approximate surface area is 226 Å². The highest BCUT2D eigenvalue weighted by Crippen LogP contribution is 2.36. The van der Waals surface area contributed by atoms with Gasteiger partial charge in [0.1, 0.15) is 6.61 Å². The fraction of sp³-hybridized carbons (Fsp3) is 0.464. The number of likely N-dealkylation sites (tertiary alicyclic amines) is 1. The van der Waals surface area contributed by atoms with Crippen molar-refractivity contribution in [3.8, 4) is 11.4 Å². The van der Waals surface area contributed by atoms with Gasteiger partial charge in [0.05, 0.1) is 23.4 Å². The summed E-state index contributed by atoms with van der Waals surface area (Å²) in [4.78, 5) is 33.8. The zero-order chi connectivity index (χ0) is 26.1. The highest BCUT2D eigenvalue weighted by atomic mass is 32.1. The van der Waals surface area contributed by atoms with Crippen molar-refractivity contribution < 1.29 is 14.3 Å². The number of piperidine rings is 1. The smallest absolute Gasteiger partial charge is 0.248 e. The standard InChI is InChI=1S/C28H34N6O3S/c1-32(25(35)18-36-2)19-5-4-10-33(16-19)17-20-15-24-26(38-20)28(34-11-13-37-14-12-34)31-27(30-24)22-6-3-7-23-21(22)8-9-29-23/h3,6-9,15,19,29H,4-5,10-14,16-18H2,1-2H3. The highest BCUT2D eigenvalue weighted by molar-refractivity contribution is 7.19. The van der Waals surface area contributed by atoms with E-state index in [0.717, 1.165) is 83.9 Å². The van der Waals surface area contributed by atoms with E-state index in [2.05, 4.69) is 45.1 Å². The van der Waals surface area contributed by atoms with Crippen LogP contribution in [0.3, 0.4) is 0 Å². The number of ether oxygens (including phenoxy) is 2. The lowest BCUT2D eigenvalue weighted by Gasteiger charge is -2.37. The normalized spacial score (nSPS) is 18.9. The van der Waals surface area contributed by atoms with Crippen molar-refractivity contribution in [2.75, 3.05) is 65.1 Å². The fourth-order valence-electron chi connectivity index (χ4n) is 5.57. The summed E-state index contributed by atoms with van der Waals surface area (Å²) in [5.74, 6) is 1.79. The number of aromatic amines is 1. The molecule has 2 aliphatic rings. The molecule has 0 bridgehead atoms. The van der Waals surface area contributed by atoms with E-state index in [1.54, 1.807) is 18.4 Å². The minimum absolute atomic E-state index is 0.0385. The summed E-state index contributed by atoms with van der Waals surface area (Å²) in [5, 5.41) is 1.13. The molecule has 1 amide bonds. The molecule has 9 nitrogen and oxygen atoms in total. The van der Waals surface area contributed by atoms with Gasteiger partial charge < -0.3 is 24.3 Å². The Kier molecular flexibility index (Phi) is 7.29. The molecule has 0 aliphatic carbocycles. The summed E-state index contributed by atoms with van der Waals surface area (Å²) in [7, 11) is 3.46. The Morgan fingerprint density at radius 3 is 2.95 bits per heavy atom. The van der Waals surface area contributed by atoms with Crippen LogP contribution in [-0.4, -0.2) is 96.9 Å². The monoisotopic (exact) mass is 534 g/mol. The van der Waals surface area contributed by atoms with E-state index < -0.39 is 0 Å². The van der Waals surface area contributed by atoms with Gasteiger partial charge >= 0.3 is 0 Å².